The summed E-state index contributed by atoms with van der Waals surface area (Å²) in [4.78, 5) is 13.5. The molecule has 0 aromatic carbocycles. The second-order valence-corrected chi connectivity index (χ2v) is 6.37. The molecule has 2 fully saturated rings. The van der Waals surface area contributed by atoms with Gasteiger partial charge in [0.15, 0.2) is 0 Å². The molecular weight excluding hydrogens is 240 g/mol. The van der Waals surface area contributed by atoms with E-state index in [1.54, 1.807) is 4.90 Å². The van der Waals surface area contributed by atoms with Gasteiger partial charge in [-0.05, 0) is 51.0 Å². The maximum atomic E-state index is 12.4. The lowest BCUT2D eigenvalue weighted by Gasteiger charge is -2.39. The Morgan fingerprint density at radius 3 is 2.44 bits per heavy atom. The minimum atomic E-state index is -1.55. The second-order valence-electron chi connectivity index (χ2n) is 6.37. The first-order valence-electron chi connectivity index (χ1n) is 6.22. The number of amides is 1. The Hall–Kier alpha value is -1.13. The van der Waals surface area contributed by atoms with Crippen molar-refractivity contribution in [3.8, 4) is 0 Å². The van der Waals surface area contributed by atoms with Crippen LogP contribution in [0, 0.1) is 5.41 Å². The zero-order chi connectivity index (χ0) is 13.6. The average molecular weight is 259 g/mol. The summed E-state index contributed by atoms with van der Waals surface area (Å²) in [6.45, 7) is 6.60. The fourth-order valence-corrected chi connectivity index (χ4v) is 2.69. The zero-order valence-corrected chi connectivity index (χ0v) is 11.1. The van der Waals surface area contributed by atoms with E-state index in [2.05, 4.69) is 0 Å². The molecule has 1 saturated carbocycles. The highest BCUT2D eigenvalue weighted by Gasteiger charge is 2.48. The molecule has 0 aromatic rings. The van der Waals surface area contributed by atoms with E-state index in [4.69, 9.17) is 4.74 Å². The van der Waals surface area contributed by atoms with Crippen LogP contribution < -0.4 is 0 Å². The summed E-state index contributed by atoms with van der Waals surface area (Å²) in [6.07, 6.45) is -0.236. The summed E-state index contributed by atoms with van der Waals surface area (Å²) in [5, 5.41) is 0. The maximum Gasteiger partial charge on any atom is 0.410 e. The molecule has 102 valence electrons. The number of hydrogen-bond acceptors (Lipinski definition) is 2. The molecule has 1 spiro atoms. The summed E-state index contributed by atoms with van der Waals surface area (Å²) >= 11 is 0. The molecule has 0 unspecified atom stereocenters. The summed E-state index contributed by atoms with van der Waals surface area (Å²) in [5.74, 6) is 0. The third-order valence-corrected chi connectivity index (χ3v) is 3.53. The van der Waals surface area contributed by atoms with E-state index >= 15 is 0 Å². The third-order valence-electron chi connectivity index (χ3n) is 3.53. The molecule has 1 aliphatic carbocycles. The minimum absolute atomic E-state index is 0.115. The summed E-state index contributed by atoms with van der Waals surface area (Å²) in [5.41, 5.74) is -0.376. The lowest BCUT2D eigenvalue weighted by Crippen LogP contribution is -2.39. The number of carbonyl (C=O) groups is 1. The van der Waals surface area contributed by atoms with Gasteiger partial charge in [0.05, 0.1) is 0 Å². The largest absolute Gasteiger partial charge is 0.444 e. The number of nitrogens with zero attached hydrogens (tertiary/aromatic N) is 1. The molecule has 18 heavy (non-hydrogen) atoms. The van der Waals surface area contributed by atoms with E-state index in [-0.39, 0.29) is 17.1 Å². The van der Waals surface area contributed by atoms with Crippen LogP contribution in [-0.2, 0) is 4.74 Å². The molecule has 3 nitrogen and oxygen atoms in total. The smallest absolute Gasteiger partial charge is 0.410 e. The summed E-state index contributed by atoms with van der Waals surface area (Å²) in [6, 6.07) is 0. The Balaban J connectivity index is 1.90. The van der Waals surface area contributed by atoms with E-state index < -0.39 is 11.7 Å². The maximum absolute atomic E-state index is 12.4. The molecule has 0 aromatic heterocycles. The third kappa shape index (κ3) is 2.65. The lowest BCUT2D eigenvalue weighted by molar-refractivity contribution is 0.0261. The van der Waals surface area contributed by atoms with E-state index in [1.807, 2.05) is 20.8 Å². The number of rotatable bonds is 0. The highest BCUT2D eigenvalue weighted by Crippen LogP contribution is 2.52. The molecule has 5 heteroatoms. The fraction of sp³-hybridized carbons (Fsp3) is 0.769. The van der Waals surface area contributed by atoms with Crippen LogP contribution in [-0.4, -0.2) is 29.7 Å². The van der Waals surface area contributed by atoms with Gasteiger partial charge in [-0.2, -0.15) is 8.78 Å². The van der Waals surface area contributed by atoms with Gasteiger partial charge in [-0.15, -0.1) is 0 Å². The molecule has 0 bridgehead atoms. The molecule has 1 aliphatic heterocycles. The van der Waals surface area contributed by atoms with Crippen LogP contribution >= 0.6 is 0 Å². The van der Waals surface area contributed by atoms with Gasteiger partial charge in [-0.3, -0.25) is 0 Å². The fourth-order valence-electron chi connectivity index (χ4n) is 2.69. The highest BCUT2D eigenvalue weighted by atomic mass is 19.3. The normalized spacial score (nSPS) is 27.4. The van der Waals surface area contributed by atoms with E-state index in [0.29, 0.717) is 25.9 Å². The van der Waals surface area contributed by atoms with Gasteiger partial charge in [0.2, 0.25) is 0 Å². The number of allylic oxidation sites excluding steroid dienone is 1. The quantitative estimate of drug-likeness (QED) is 0.665. The number of likely N-dealkylation sites (tertiary alicyclic amines) is 1. The topological polar surface area (TPSA) is 29.5 Å². The van der Waals surface area contributed by atoms with Crippen LogP contribution in [0.5, 0.6) is 0 Å². The van der Waals surface area contributed by atoms with Crippen molar-refractivity contribution in [2.24, 2.45) is 5.41 Å². The van der Waals surface area contributed by atoms with Gasteiger partial charge in [-0.25, -0.2) is 4.79 Å². The van der Waals surface area contributed by atoms with Crippen molar-refractivity contribution in [3.63, 3.8) is 0 Å². The van der Waals surface area contributed by atoms with Crippen LogP contribution in [0.2, 0.25) is 0 Å². The molecule has 1 amide bonds. The minimum Gasteiger partial charge on any atom is -0.444 e. The predicted octanol–water partition coefficient (Wildman–Crippen LogP) is 3.56. The summed E-state index contributed by atoms with van der Waals surface area (Å²) < 4.78 is 30.0. The van der Waals surface area contributed by atoms with Crippen molar-refractivity contribution in [2.45, 2.75) is 45.6 Å². The van der Waals surface area contributed by atoms with Crippen LogP contribution in [0.4, 0.5) is 13.6 Å². The molecule has 1 heterocycles. The van der Waals surface area contributed by atoms with Crippen LogP contribution in [0.15, 0.2) is 11.7 Å². The Morgan fingerprint density at radius 1 is 1.33 bits per heavy atom. The number of halogens is 2. The van der Waals surface area contributed by atoms with Gasteiger partial charge in [0.1, 0.15) is 5.60 Å². The molecule has 2 aliphatic rings. The van der Waals surface area contributed by atoms with Crippen molar-refractivity contribution in [1.29, 1.82) is 0 Å². The molecule has 0 N–H and O–H groups in total. The molecule has 2 rings (SSSR count). The van der Waals surface area contributed by atoms with Crippen LogP contribution in [0.1, 0.15) is 40.0 Å². The van der Waals surface area contributed by atoms with Gasteiger partial charge in [0.25, 0.3) is 6.08 Å². The summed E-state index contributed by atoms with van der Waals surface area (Å²) in [7, 11) is 0. The van der Waals surface area contributed by atoms with Gasteiger partial charge in [-0.1, -0.05) is 0 Å². The molecule has 0 radical (unpaired) electrons. The van der Waals surface area contributed by atoms with Gasteiger partial charge < -0.3 is 9.64 Å². The van der Waals surface area contributed by atoms with Crippen molar-refractivity contribution < 1.29 is 18.3 Å². The van der Waals surface area contributed by atoms with E-state index in [1.165, 1.54) is 0 Å². The number of carbonyl (C=O) groups excluding carboxylic acids is 1. The molecule has 1 saturated heterocycles. The first kappa shape index (κ1) is 13.3. The van der Waals surface area contributed by atoms with Gasteiger partial charge in [0, 0.05) is 13.1 Å². The van der Waals surface area contributed by atoms with Crippen molar-refractivity contribution in [2.75, 3.05) is 13.1 Å². The second kappa shape index (κ2) is 4.21. The Kier molecular flexibility index (Phi) is 3.11. The van der Waals surface area contributed by atoms with Crippen molar-refractivity contribution in [3.05, 3.63) is 11.7 Å². The average Bonchev–Trinajstić information content (AvgIpc) is 2.56. The van der Waals surface area contributed by atoms with Gasteiger partial charge >= 0.3 is 6.09 Å². The van der Waals surface area contributed by atoms with E-state index in [0.717, 1.165) is 6.42 Å². The van der Waals surface area contributed by atoms with Crippen LogP contribution in [0.25, 0.3) is 0 Å². The molecular formula is C13H19F2NO2. The first-order chi connectivity index (χ1) is 8.21. The monoisotopic (exact) mass is 259 g/mol. The SMILES string of the molecule is CC(C)(C)OC(=O)N1CCC2(CC(=C(F)F)C2)C1. The number of hydrogen-bond donors (Lipinski definition) is 0. The van der Waals surface area contributed by atoms with Crippen molar-refractivity contribution >= 4 is 6.09 Å². The standard InChI is InChI=1S/C13H19F2NO2/c1-12(2,3)18-11(17)16-5-4-13(8-16)6-9(7-13)10(14)15/h4-8H2,1-3H3. The van der Waals surface area contributed by atoms with E-state index in [9.17, 15) is 13.6 Å². The Morgan fingerprint density at radius 2 is 1.94 bits per heavy atom. The zero-order valence-electron chi connectivity index (χ0n) is 11.1. The number of ether oxygens (including phenoxy) is 1. The Bertz CT molecular complexity index is 386. The van der Waals surface area contributed by atoms with Crippen LogP contribution in [0.3, 0.4) is 0 Å². The predicted molar refractivity (Wildman–Crippen MR) is 63.3 cm³/mol. The highest BCUT2D eigenvalue weighted by molar-refractivity contribution is 5.68. The Labute approximate surface area is 106 Å². The lowest BCUT2D eigenvalue weighted by atomic mass is 9.65. The first-order valence-corrected chi connectivity index (χ1v) is 6.22. The molecule has 0 atom stereocenters. The van der Waals surface area contributed by atoms with Crippen molar-refractivity contribution in [1.82, 2.24) is 4.90 Å².